The average Bonchev–Trinajstić information content (AvgIpc) is 1.92. The Bertz CT molecular complexity index is 177. The standard InChI is InChI=1S/C9H17NO2/c1-9(2)4-3-5-10-7(9)6-8(11)12/h7,10H,3-6H2,1-2H3,(H,11,12)/t7-/m1/s1. The van der Waals surface area contributed by atoms with E-state index in [0.717, 1.165) is 19.4 Å². The van der Waals surface area contributed by atoms with Crippen LogP contribution in [0.4, 0.5) is 0 Å². The summed E-state index contributed by atoms with van der Waals surface area (Å²) in [5, 5.41) is 11.9. The lowest BCUT2D eigenvalue weighted by Gasteiger charge is -2.38. The molecule has 1 heterocycles. The quantitative estimate of drug-likeness (QED) is 0.657. The predicted molar refractivity (Wildman–Crippen MR) is 47.1 cm³/mol. The van der Waals surface area contributed by atoms with Crippen LogP contribution in [0.25, 0.3) is 0 Å². The van der Waals surface area contributed by atoms with Crippen LogP contribution in [0.1, 0.15) is 33.1 Å². The summed E-state index contributed by atoms with van der Waals surface area (Å²) in [5.74, 6) is -0.706. The molecule has 0 aliphatic carbocycles. The first kappa shape index (κ1) is 9.52. The van der Waals surface area contributed by atoms with Crippen LogP contribution >= 0.6 is 0 Å². The molecule has 0 spiro atoms. The van der Waals surface area contributed by atoms with Gasteiger partial charge in [-0.15, -0.1) is 0 Å². The minimum atomic E-state index is -0.706. The molecular weight excluding hydrogens is 154 g/mol. The number of aliphatic carboxylic acids is 1. The van der Waals surface area contributed by atoms with E-state index in [-0.39, 0.29) is 17.9 Å². The molecule has 70 valence electrons. The highest BCUT2D eigenvalue weighted by Gasteiger charge is 2.33. The molecule has 12 heavy (non-hydrogen) atoms. The molecule has 1 atom stereocenters. The van der Waals surface area contributed by atoms with Crippen LogP contribution in [-0.2, 0) is 4.79 Å². The molecule has 0 bridgehead atoms. The number of carbonyl (C=O) groups is 1. The zero-order chi connectivity index (χ0) is 9.19. The van der Waals surface area contributed by atoms with E-state index in [1.54, 1.807) is 0 Å². The summed E-state index contributed by atoms with van der Waals surface area (Å²) in [6.07, 6.45) is 2.52. The summed E-state index contributed by atoms with van der Waals surface area (Å²) in [4.78, 5) is 10.5. The fourth-order valence-corrected chi connectivity index (χ4v) is 1.79. The van der Waals surface area contributed by atoms with Crippen LogP contribution in [-0.4, -0.2) is 23.7 Å². The van der Waals surface area contributed by atoms with Gasteiger partial charge in [-0.25, -0.2) is 0 Å². The Kier molecular flexibility index (Phi) is 2.73. The second-order valence-electron chi connectivity index (χ2n) is 4.20. The Morgan fingerprint density at radius 3 is 2.83 bits per heavy atom. The number of piperidine rings is 1. The molecule has 2 N–H and O–H groups in total. The molecule has 0 amide bonds. The molecule has 0 aromatic heterocycles. The molecule has 3 nitrogen and oxygen atoms in total. The first-order valence-corrected chi connectivity index (χ1v) is 4.47. The molecule has 1 aliphatic rings. The number of hydrogen-bond donors (Lipinski definition) is 2. The zero-order valence-electron chi connectivity index (χ0n) is 7.76. The third-order valence-electron chi connectivity index (χ3n) is 2.71. The molecule has 1 saturated heterocycles. The van der Waals surface area contributed by atoms with Gasteiger partial charge in [0.25, 0.3) is 0 Å². The molecule has 0 aromatic carbocycles. The number of nitrogens with one attached hydrogen (secondary N) is 1. The van der Waals surface area contributed by atoms with Crippen LogP contribution in [0.2, 0.25) is 0 Å². The van der Waals surface area contributed by atoms with Gasteiger partial charge in [-0.2, -0.15) is 0 Å². The van der Waals surface area contributed by atoms with Crippen LogP contribution in [0, 0.1) is 5.41 Å². The largest absolute Gasteiger partial charge is 0.481 e. The summed E-state index contributed by atoms with van der Waals surface area (Å²) >= 11 is 0. The molecule has 1 rings (SSSR count). The van der Waals surface area contributed by atoms with Gasteiger partial charge in [0.2, 0.25) is 0 Å². The van der Waals surface area contributed by atoms with Gasteiger partial charge in [0, 0.05) is 6.04 Å². The van der Waals surface area contributed by atoms with Crippen molar-refractivity contribution in [1.82, 2.24) is 5.32 Å². The Labute approximate surface area is 73.2 Å². The first-order valence-electron chi connectivity index (χ1n) is 4.47. The monoisotopic (exact) mass is 171 g/mol. The maximum atomic E-state index is 10.5. The van der Waals surface area contributed by atoms with Crippen molar-refractivity contribution in [1.29, 1.82) is 0 Å². The zero-order valence-corrected chi connectivity index (χ0v) is 7.76. The van der Waals surface area contributed by atoms with Crippen LogP contribution in [0.15, 0.2) is 0 Å². The smallest absolute Gasteiger partial charge is 0.304 e. The lowest BCUT2D eigenvalue weighted by Crippen LogP contribution is -2.47. The van der Waals surface area contributed by atoms with Gasteiger partial charge in [-0.1, -0.05) is 13.8 Å². The molecule has 0 unspecified atom stereocenters. The molecular formula is C9H17NO2. The van der Waals surface area contributed by atoms with E-state index in [1.807, 2.05) is 0 Å². The van der Waals surface area contributed by atoms with E-state index < -0.39 is 5.97 Å². The third kappa shape index (κ3) is 2.21. The Morgan fingerprint density at radius 1 is 1.67 bits per heavy atom. The average molecular weight is 171 g/mol. The van der Waals surface area contributed by atoms with Gasteiger partial charge >= 0.3 is 5.97 Å². The maximum absolute atomic E-state index is 10.5. The second kappa shape index (κ2) is 3.44. The highest BCUT2D eigenvalue weighted by atomic mass is 16.4. The van der Waals surface area contributed by atoms with E-state index in [1.165, 1.54) is 0 Å². The highest BCUT2D eigenvalue weighted by molar-refractivity contribution is 5.67. The van der Waals surface area contributed by atoms with Gasteiger partial charge in [-0.3, -0.25) is 4.79 Å². The Morgan fingerprint density at radius 2 is 2.33 bits per heavy atom. The summed E-state index contributed by atoms with van der Waals surface area (Å²) in [6, 6.07) is 0.142. The summed E-state index contributed by atoms with van der Waals surface area (Å²) in [5.41, 5.74) is 0.136. The van der Waals surface area contributed by atoms with Crippen molar-refractivity contribution in [2.24, 2.45) is 5.41 Å². The van der Waals surface area contributed by atoms with E-state index in [0.29, 0.717) is 0 Å². The SMILES string of the molecule is CC1(C)CCCN[C@@H]1CC(=O)O. The van der Waals surface area contributed by atoms with Crippen molar-refractivity contribution in [3.63, 3.8) is 0 Å². The van der Waals surface area contributed by atoms with E-state index in [2.05, 4.69) is 19.2 Å². The normalized spacial score (nSPS) is 28.3. The molecule has 1 fully saturated rings. The fraction of sp³-hybridized carbons (Fsp3) is 0.889. The number of carboxylic acids is 1. The fourth-order valence-electron chi connectivity index (χ4n) is 1.79. The Balaban J connectivity index is 2.54. The predicted octanol–water partition coefficient (Wildman–Crippen LogP) is 1.24. The van der Waals surface area contributed by atoms with Crippen molar-refractivity contribution in [3.05, 3.63) is 0 Å². The van der Waals surface area contributed by atoms with Gasteiger partial charge in [0.15, 0.2) is 0 Å². The number of hydrogen-bond acceptors (Lipinski definition) is 2. The van der Waals surface area contributed by atoms with E-state index in [9.17, 15) is 4.79 Å². The van der Waals surface area contributed by atoms with Gasteiger partial charge in [0.05, 0.1) is 6.42 Å². The molecule has 0 radical (unpaired) electrons. The summed E-state index contributed by atoms with van der Waals surface area (Å²) in [6.45, 7) is 5.22. The molecule has 0 saturated carbocycles. The van der Waals surface area contributed by atoms with Gasteiger partial charge in [-0.05, 0) is 24.8 Å². The summed E-state index contributed by atoms with van der Waals surface area (Å²) in [7, 11) is 0. The number of carboxylic acid groups (broad SMARTS) is 1. The molecule has 0 aromatic rings. The van der Waals surface area contributed by atoms with Crippen LogP contribution in [0.3, 0.4) is 0 Å². The van der Waals surface area contributed by atoms with Crippen molar-refractivity contribution in [3.8, 4) is 0 Å². The third-order valence-corrected chi connectivity index (χ3v) is 2.71. The minimum absolute atomic E-state index is 0.136. The van der Waals surface area contributed by atoms with E-state index in [4.69, 9.17) is 5.11 Å². The Hall–Kier alpha value is -0.570. The lowest BCUT2D eigenvalue weighted by molar-refractivity contribution is -0.138. The van der Waals surface area contributed by atoms with Crippen molar-refractivity contribution >= 4 is 5.97 Å². The summed E-state index contributed by atoms with van der Waals surface area (Å²) < 4.78 is 0. The topological polar surface area (TPSA) is 49.3 Å². The van der Waals surface area contributed by atoms with Crippen LogP contribution in [0.5, 0.6) is 0 Å². The molecule has 3 heteroatoms. The van der Waals surface area contributed by atoms with E-state index >= 15 is 0 Å². The molecule has 1 aliphatic heterocycles. The van der Waals surface area contributed by atoms with Crippen LogP contribution < -0.4 is 5.32 Å². The first-order chi connectivity index (χ1) is 5.52. The number of rotatable bonds is 2. The lowest BCUT2D eigenvalue weighted by atomic mass is 9.76. The second-order valence-corrected chi connectivity index (χ2v) is 4.20. The minimum Gasteiger partial charge on any atom is -0.481 e. The highest BCUT2D eigenvalue weighted by Crippen LogP contribution is 2.31. The van der Waals surface area contributed by atoms with Gasteiger partial charge in [0.1, 0.15) is 0 Å². The van der Waals surface area contributed by atoms with Crippen molar-refractivity contribution in [2.75, 3.05) is 6.54 Å². The van der Waals surface area contributed by atoms with Crippen molar-refractivity contribution in [2.45, 2.75) is 39.2 Å². The van der Waals surface area contributed by atoms with Gasteiger partial charge < -0.3 is 10.4 Å². The maximum Gasteiger partial charge on any atom is 0.304 e. The van der Waals surface area contributed by atoms with Crippen molar-refractivity contribution < 1.29 is 9.90 Å².